The molecule has 3 rings (SSSR count). The summed E-state index contributed by atoms with van der Waals surface area (Å²) in [6, 6.07) is 11.7. The molecule has 114 valence electrons. The van der Waals surface area contributed by atoms with Crippen LogP contribution in [0.5, 0.6) is 0 Å². The van der Waals surface area contributed by atoms with Crippen LogP contribution in [0.4, 0.5) is 0 Å². The van der Waals surface area contributed by atoms with Crippen molar-refractivity contribution in [2.45, 2.75) is 32.4 Å². The highest BCUT2D eigenvalue weighted by Crippen LogP contribution is 2.19. The molecule has 0 saturated carbocycles. The number of fused-ring (bicyclic) bond motifs is 1. The third kappa shape index (κ3) is 3.14. The molecule has 1 aliphatic rings. The lowest BCUT2D eigenvalue weighted by Crippen LogP contribution is -2.37. The normalized spacial score (nSPS) is 19.9. The summed E-state index contributed by atoms with van der Waals surface area (Å²) >= 11 is 0. The van der Waals surface area contributed by atoms with Crippen molar-refractivity contribution in [3.63, 3.8) is 0 Å². The van der Waals surface area contributed by atoms with E-state index in [4.69, 9.17) is 0 Å². The van der Waals surface area contributed by atoms with E-state index in [9.17, 15) is 0 Å². The second-order valence-corrected chi connectivity index (χ2v) is 6.54. The quantitative estimate of drug-likeness (QED) is 0.837. The molecule has 2 aromatic rings. The van der Waals surface area contributed by atoms with Gasteiger partial charge in [0, 0.05) is 36.9 Å². The first-order chi connectivity index (χ1) is 10.1. The molecule has 0 unspecified atom stereocenters. The second-order valence-electron chi connectivity index (χ2n) is 6.54. The Bertz CT molecular complexity index is 602. The highest BCUT2D eigenvalue weighted by Gasteiger charge is 2.21. The van der Waals surface area contributed by atoms with Crippen LogP contribution in [0, 0.1) is 6.92 Å². The molecule has 1 saturated heterocycles. The Labute approximate surface area is 128 Å². The largest absolute Gasteiger partial charge is 0.344 e. The summed E-state index contributed by atoms with van der Waals surface area (Å²) in [6.07, 6.45) is 2.71. The first-order valence-electron chi connectivity index (χ1n) is 8.09. The van der Waals surface area contributed by atoms with Crippen molar-refractivity contribution in [3.8, 4) is 0 Å². The summed E-state index contributed by atoms with van der Waals surface area (Å²) in [7, 11) is 4.52. The van der Waals surface area contributed by atoms with Gasteiger partial charge in [-0.25, -0.2) is 0 Å². The van der Waals surface area contributed by atoms with Crippen molar-refractivity contribution in [1.82, 2.24) is 14.4 Å². The van der Waals surface area contributed by atoms with Crippen LogP contribution in [0.25, 0.3) is 10.9 Å². The summed E-state index contributed by atoms with van der Waals surface area (Å²) in [4.78, 5) is 4.99. The van der Waals surface area contributed by atoms with E-state index in [0.29, 0.717) is 0 Å². The van der Waals surface area contributed by atoms with Gasteiger partial charge in [-0.3, -0.25) is 0 Å². The Hall–Kier alpha value is -1.32. The van der Waals surface area contributed by atoms with Crippen LogP contribution in [-0.2, 0) is 6.54 Å². The zero-order valence-corrected chi connectivity index (χ0v) is 13.5. The van der Waals surface area contributed by atoms with Gasteiger partial charge in [0.05, 0.1) is 0 Å². The third-order valence-corrected chi connectivity index (χ3v) is 4.92. The smallest absolute Gasteiger partial charge is 0.0482 e. The molecule has 3 nitrogen and oxygen atoms in total. The first kappa shape index (κ1) is 14.6. The van der Waals surface area contributed by atoms with E-state index in [1.165, 1.54) is 42.5 Å². The van der Waals surface area contributed by atoms with Crippen molar-refractivity contribution in [3.05, 3.63) is 36.0 Å². The molecule has 0 radical (unpaired) electrons. The molecule has 0 amide bonds. The molecule has 1 aliphatic heterocycles. The molecule has 1 fully saturated rings. The van der Waals surface area contributed by atoms with Crippen LogP contribution in [0.3, 0.4) is 0 Å². The minimum absolute atomic E-state index is 0.748. The molecule has 0 spiro atoms. The number of aromatic nitrogens is 1. The molecule has 21 heavy (non-hydrogen) atoms. The number of aryl methyl sites for hydroxylation is 1. The van der Waals surface area contributed by atoms with Crippen LogP contribution in [-0.4, -0.2) is 54.1 Å². The Kier molecular flexibility index (Phi) is 4.32. The van der Waals surface area contributed by atoms with Gasteiger partial charge in [0.15, 0.2) is 0 Å². The van der Waals surface area contributed by atoms with E-state index < -0.39 is 0 Å². The van der Waals surface area contributed by atoms with Crippen LogP contribution in [0.1, 0.15) is 18.5 Å². The summed E-state index contributed by atoms with van der Waals surface area (Å²) in [5, 5.41) is 1.35. The predicted molar refractivity (Wildman–Crippen MR) is 89.8 cm³/mol. The molecule has 1 aromatic heterocycles. The molecule has 1 atom stereocenters. The van der Waals surface area contributed by atoms with Crippen molar-refractivity contribution >= 4 is 10.9 Å². The maximum atomic E-state index is 2.51. The fourth-order valence-corrected chi connectivity index (χ4v) is 3.58. The van der Waals surface area contributed by atoms with Gasteiger partial charge in [0.2, 0.25) is 0 Å². The van der Waals surface area contributed by atoms with Crippen molar-refractivity contribution in [2.75, 3.05) is 33.7 Å². The number of hydrogen-bond donors (Lipinski definition) is 0. The van der Waals surface area contributed by atoms with Crippen molar-refractivity contribution in [2.24, 2.45) is 0 Å². The lowest BCUT2D eigenvalue weighted by Gasteiger charge is -2.26. The standard InChI is InChI=1S/C18H27N3/c1-15-13-16-7-4-5-9-18(16)21(15)12-11-19(2)14-17-8-6-10-20(17)3/h4-5,7,9,13,17H,6,8,10-12,14H2,1-3H3/t17-/m0/s1. The number of rotatable bonds is 5. The van der Waals surface area contributed by atoms with Gasteiger partial charge in [-0.05, 0) is 57.9 Å². The minimum atomic E-state index is 0.748. The van der Waals surface area contributed by atoms with Crippen LogP contribution < -0.4 is 0 Å². The van der Waals surface area contributed by atoms with E-state index >= 15 is 0 Å². The van der Waals surface area contributed by atoms with E-state index in [1.807, 2.05) is 0 Å². The summed E-state index contributed by atoms with van der Waals surface area (Å²) in [5.41, 5.74) is 2.73. The molecular weight excluding hydrogens is 258 g/mol. The number of likely N-dealkylation sites (tertiary alicyclic amines) is 1. The van der Waals surface area contributed by atoms with Gasteiger partial charge in [0.25, 0.3) is 0 Å². The zero-order valence-electron chi connectivity index (χ0n) is 13.5. The predicted octanol–water partition coefficient (Wildman–Crippen LogP) is 2.98. The summed E-state index contributed by atoms with van der Waals surface area (Å²) in [5.74, 6) is 0. The fraction of sp³-hybridized carbons (Fsp3) is 0.556. The molecule has 0 aliphatic carbocycles. The average molecular weight is 285 g/mol. The first-order valence-corrected chi connectivity index (χ1v) is 8.09. The van der Waals surface area contributed by atoms with Gasteiger partial charge < -0.3 is 14.4 Å². The van der Waals surface area contributed by atoms with E-state index in [2.05, 4.69) is 65.7 Å². The summed E-state index contributed by atoms with van der Waals surface area (Å²) in [6.45, 7) is 6.86. The third-order valence-electron chi connectivity index (χ3n) is 4.92. The molecule has 3 heteroatoms. The fourth-order valence-electron chi connectivity index (χ4n) is 3.58. The highest BCUT2D eigenvalue weighted by atomic mass is 15.2. The van der Waals surface area contributed by atoms with Gasteiger partial charge >= 0.3 is 0 Å². The lowest BCUT2D eigenvalue weighted by atomic mass is 10.2. The maximum Gasteiger partial charge on any atom is 0.0482 e. The number of hydrogen-bond acceptors (Lipinski definition) is 2. The molecule has 2 heterocycles. The van der Waals surface area contributed by atoms with Gasteiger partial charge in [-0.15, -0.1) is 0 Å². The number of nitrogens with zero attached hydrogens (tertiary/aromatic N) is 3. The monoisotopic (exact) mass is 285 g/mol. The average Bonchev–Trinajstić information content (AvgIpc) is 3.00. The van der Waals surface area contributed by atoms with Gasteiger partial charge in [-0.1, -0.05) is 18.2 Å². The van der Waals surface area contributed by atoms with Gasteiger partial charge in [0.1, 0.15) is 0 Å². The van der Waals surface area contributed by atoms with Crippen molar-refractivity contribution in [1.29, 1.82) is 0 Å². The SMILES string of the molecule is Cc1cc2ccccc2n1CCN(C)C[C@@H]1CCCN1C. The Balaban J connectivity index is 1.62. The summed E-state index contributed by atoms with van der Waals surface area (Å²) < 4.78 is 2.45. The van der Waals surface area contributed by atoms with Gasteiger partial charge in [-0.2, -0.15) is 0 Å². The minimum Gasteiger partial charge on any atom is -0.344 e. The van der Waals surface area contributed by atoms with E-state index in [-0.39, 0.29) is 0 Å². The van der Waals surface area contributed by atoms with E-state index in [1.54, 1.807) is 0 Å². The Morgan fingerprint density at radius 1 is 1.29 bits per heavy atom. The van der Waals surface area contributed by atoms with Crippen LogP contribution >= 0.6 is 0 Å². The highest BCUT2D eigenvalue weighted by molar-refractivity contribution is 5.81. The number of likely N-dealkylation sites (N-methyl/N-ethyl adjacent to an activating group) is 2. The molecule has 0 bridgehead atoms. The topological polar surface area (TPSA) is 11.4 Å². The molecule has 1 aromatic carbocycles. The Morgan fingerprint density at radius 2 is 2.10 bits per heavy atom. The molecule has 0 N–H and O–H groups in total. The van der Waals surface area contributed by atoms with Crippen LogP contribution in [0.2, 0.25) is 0 Å². The van der Waals surface area contributed by atoms with E-state index in [0.717, 1.165) is 19.1 Å². The van der Waals surface area contributed by atoms with Crippen molar-refractivity contribution < 1.29 is 0 Å². The zero-order chi connectivity index (χ0) is 14.8. The molecular formula is C18H27N3. The Morgan fingerprint density at radius 3 is 2.86 bits per heavy atom. The number of para-hydroxylation sites is 1. The van der Waals surface area contributed by atoms with Crippen LogP contribution in [0.15, 0.2) is 30.3 Å². The second kappa shape index (κ2) is 6.20. The number of benzene rings is 1. The maximum absolute atomic E-state index is 2.51. The lowest BCUT2D eigenvalue weighted by molar-refractivity contribution is 0.216.